The molecule has 0 unspecified atom stereocenters. The first-order chi connectivity index (χ1) is 6.97. The van der Waals surface area contributed by atoms with Crippen LogP contribution in [0.3, 0.4) is 0 Å². The van der Waals surface area contributed by atoms with Crippen LogP contribution in [0.2, 0.25) is 0 Å². The molecule has 0 aromatic heterocycles. The molecule has 1 aromatic rings. The van der Waals surface area contributed by atoms with Crippen molar-refractivity contribution >= 4 is 17.7 Å². The number of rotatable bonds is 4. The van der Waals surface area contributed by atoms with Gasteiger partial charge in [-0.15, -0.1) is 11.8 Å². The van der Waals surface area contributed by atoms with Gasteiger partial charge in [-0.25, -0.2) is 4.79 Å². The van der Waals surface area contributed by atoms with Crippen molar-refractivity contribution < 1.29 is 14.6 Å². The molecule has 1 aromatic carbocycles. The predicted octanol–water partition coefficient (Wildman–Crippen LogP) is 2.65. The van der Waals surface area contributed by atoms with Crippen LogP contribution in [0, 0.1) is 0 Å². The summed E-state index contributed by atoms with van der Waals surface area (Å²) in [6, 6.07) is 7.40. The fraction of sp³-hybridized carbons (Fsp3) is 0.364. The Kier molecular flexibility index (Phi) is 3.63. The average Bonchev–Trinajstić information content (AvgIpc) is 2.18. The van der Waals surface area contributed by atoms with Gasteiger partial charge in [-0.1, -0.05) is 12.1 Å². The van der Waals surface area contributed by atoms with Crippen LogP contribution in [0.15, 0.2) is 29.2 Å². The van der Waals surface area contributed by atoms with E-state index < -0.39 is 11.6 Å². The Labute approximate surface area is 93.4 Å². The number of para-hydroxylation sites is 1. The minimum atomic E-state index is -1.20. The summed E-state index contributed by atoms with van der Waals surface area (Å²) in [5.41, 5.74) is -1.20. The van der Waals surface area contributed by atoms with Crippen molar-refractivity contribution in [2.75, 3.05) is 6.26 Å². The second-order valence-electron chi connectivity index (χ2n) is 3.57. The van der Waals surface area contributed by atoms with Gasteiger partial charge in [-0.05, 0) is 32.2 Å². The zero-order valence-electron chi connectivity index (χ0n) is 8.98. The molecule has 3 nitrogen and oxygen atoms in total. The maximum absolute atomic E-state index is 10.9. The first-order valence-electron chi connectivity index (χ1n) is 4.53. The second kappa shape index (κ2) is 4.57. The molecule has 0 saturated carbocycles. The van der Waals surface area contributed by atoms with Crippen LogP contribution >= 0.6 is 11.8 Å². The van der Waals surface area contributed by atoms with Gasteiger partial charge < -0.3 is 9.84 Å². The van der Waals surface area contributed by atoms with E-state index in [4.69, 9.17) is 9.84 Å². The van der Waals surface area contributed by atoms with Crippen LogP contribution in [-0.4, -0.2) is 22.9 Å². The molecule has 1 rings (SSSR count). The Bertz CT molecular complexity index is 361. The SMILES string of the molecule is CSc1ccccc1OC(C)(C)C(=O)O. The first kappa shape index (κ1) is 11.9. The molecule has 0 amide bonds. The summed E-state index contributed by atoms with van der Waals surface area (Å²) in [5.74, 6) is -0.365. The summed E-state index contributed by atoms with van der Waals surface area (Å²) in [5, 5.41) is 8.93. The number of thioether (sulfide) groups is 1. The molecular formula is C11H14O3S. The third-order valence-corrected chi connectivity index (χ3v) is 2.73. The summed E-state index contributed by atoms with van der Waals surface area (Å²) in [4.78, 5) is 11.8. The normalized spacial score (nSPS) is 11.1. The molecule has 0 atom stereocenters. The first-order valence-corrected chi connectivity index (χ1v) is 5.75. The fourth-order valence-corrected chi connectivity index (χ4v) is 1.55. The molecule has 0 saturated heterocycles. The van der Waals surface area contributed by atoms with Crippen molar-refractivity contribution in [1.29, 1.82) is 0 Å². The monoisotopic (exact) mass is 226 g/mol. The Morgan fingerprint density at radius 3 is 2.53 bits per heavy atom. The van der Waals surface area contributed by atoms with Crippen LogP contribution in [0.25, 0.3) is 0 Å². The van der Waals surface area contributed by atoms with Crippen molar-refractivity contribution in [2.24, 2.45) is 0 Å². The van der Waals surface area contributed by atoms with E-state index in [1.165, 1.54) is 25.6 Å². The summed E-state index contributed by atoms with van der Waals surface area (Å²) >= 11 is 1.53. The highest BCUT2D eigenvalue weighted by Crippen LogP contribution is 2.29. The van der Waals surface area contributed by atoms with Gasteiger partial charge >= 0.3 is 5.97 Å². The molecule has 0 radical (unpaired) electrons. The summed E-state index contributed by atoms with van der Waals surface area (Å²) < 4.78 is 5.46. The smallest absolute Gasteiger partial charge is 0.347 e. The molecule has 0 aliphatic heterocycles. The van der Waals surface area contributed by atoms with E-state index >= 15 is 0 Å². The summed E-state index contributed by atoms with van der Waals surface area (Å²) in [6.45, 7) is 3.07. The minimum absolute atomic E-state index is 0.609. The lowest BCUT2D eigenvalue weighted by Gasteiger charge is -2.22. The Morgan fingerprint density at radius 1 is 1.40 bits per heavy atom. The number of hydrogen-bond donors (Lipinski definition) is 1. The Balaban J connectivity index is 2.94. The number of carbonyl (C=O) groups is 1. The van der Waals surface area contributed by atoms with Crippen molar-refractivity contribution in [3.8, 4) is 5.75 Å². The van der Waals surface area contributed by atoms with Crippen molar-refractivity contribution in [2.45, 2.75) is 24.3 Å². The molecule has 15 heavy (non-hydrogen) atoms. The highest BCUT2D eigenvalue weighted by molar-refractivity contribution is 7.98. The largest absolute Gasteiger partial charge is 0.478 e. The maximum Gasteiger partial charge on any atom is 0.347 e. The van der Waals surface area contributed by atoms with E-state index in [9.17, 15) is 4.79 Å². The van der Waals surface area contributed by atoms with Crippen LogP contribution in [0.5, 0.6) is 5.75 Å². The lowest BCUT2D eigenvalue weighted by Crippen LogP contribution is -2.38. The van der Waals surface area contributed by atoms with E-state index in [1.807, 2.05) is 24.5 Å². The standard InChI is InChI=1S/C11H14O3S/c1-11(2,10(12)13)14-8-6-4-5-7-9(8)15-3/h4-7H,1-3H3,(H,12,13). The quantitative estimate of drug-likeness (QED) is 0.802. The Hall–Kier alpha value is -1.16. The van der Waals surface area contributed by atoms with E-state index in [0.717, 1.165) is 4.90 Å². The van der Waals surface area contributed by atoms with Crippen molar-refractivity contribution in [3.63, 3.8) is 0 Å². The van der Waals surface area contributed by atoms with Crippen LogP contribution in [0.4, 0.5) is 0 Å². The highest BCUT2D eigenvalue weighted by atomic mass is 32.2. The molecule has 0 fully saturated rings. The van der Waals surface area contributed by atoms with Gasteiger partial charge in [0, 0.05) is 4.90 Å². The number of carboxylic acid groups (broad SMARTS) is 1. The summed E-state index contributed by atoms with van der Waals surface area (Å²) in [6.07, 6.45) is 1.93. The molecule has 0 heterocycles. The van der Waals surface area contributed by atoms with Gasteiger partial charge in [0.25, 0.3) is 0 Å². The fourth-order valence-electron chi connectivity index (χ4n) is 1.02. The average molecular weight is 226 g/mol. The van der Waals surface area contributed by atoms with Crippen LogP contribution in [0.1, 0.15) is 13.8 Å². The van der Waals surface area contributed by atoms with Crippen LogP contribution in [-0.2, 0) is 4.79 Å². The number of ether oxygens (including phenoxy) is 1. The summed E-state index contributed by atoms with van der Waals surface area (Å²) in [7, 11) is 0. The molecule has 4 heteroatoms. The zero-order chi connectivity index (χ0) is 11.5. The number of aliphatic carboxylic acids is 1. The topological polar surface area (TPSA) is 46.5 Å². The number of carboxylic acids is 1. The lowest BCUT2D eigenvalue weighted by atomic mass is 10.1. The highest BCUT2D eigenvalue weighted by Gasteiger charge is 2.29. The molecule has 0 aliphatic carbocycles. The maximum atomic E-state index is 10.9. The zero-order valence-corrected chi connectivity index (χ0v) is 9.80. The van der Waals surface area contributed by atoms with Gasteiger partial charge in [0.05, 0.1) is 0 Å². The van der Waals surface area contributed by atoms with Gasteiger partial charge in [0.15, 0.2) is 5.60 Å². The number of hydrogen-bond acceptors (Lipinski definition) is 3. The van der Waals surface area contributed by atoms with Gasteiger partial charge in [-0.3, -0.25) is 0 Å². The van der Waals surface area contributed by atoms with Gasteiger partial charge in [0.1, 0.15) is 5.75 Å². The predicted molar refractivity (Wildman–Crippen MR) is 60.6 cm³/mol. The molecule has 0 spiro atoms. The second-order valence-corrected chi connectivity index (χ2v) is 4.42. The van der Waals surface area contributed by atoms with Crippen LogP contribution < -0.4 is 4.74 Å². The van der Waals surface area contributed by atoms with E-state index in [-0.39, 0.29) is 0 Å². The lowest BCUT2D eigenvalue weighted by molar-refractivity contribution is -0.152. The molecule has 82 valence electrons. The molecule has 1 N–H and O–H groups in total. The molecule has 0 bridgehead atoms. The third-order valence-electron chi connectivity index (χ3n) is 1.95. The molecular weight excluding hydrogens is 212 g/mol. The third kappa shape index (κ3) is 2.89. The van der Waals surface area contributed by atoms with E-state index in [1.54, 1.807) is 6.07 Å². The molecule has 0 aliphatic rings. The van der Waals surface area contributed by atoms with Gasteiger partial charge in [0.2, 0.25) is 0 Å². The van der Waals surface area contributed by atoms with E-state index in [0.29, 0.717) is 5.75 Å². The van der Waals surface area contributed by atoms with Crippen molar-refractivity contribution in [1.82, 2.24) is 0 Å². The van der Waals surface area contributed by atoms with Gasteiger partial charge in [-0.2, -0.15) is 0 Å². The van der Waals surface area contributed by atoms with Crippen molar-refractivity contribution in [3.05, 3.63) is 24.3 Å². The number of benzene rings is 1. The van der Waals surface area contributed by atoms with E-state index in [2.05, 4.69) is 0 Å². The minimum Gasteiger partial charge on any atom is -0.478 e. The Morgan fingerprint density at radius 2 is 2.00 bits per heavy atom.